The van der Waals surface area contributed by atoms with E-state index >= 15 is 0 Å². The van der Waals surface area contributed by atoms with Crippen molar-refractivity contribution >= 4 is 37.3 Å². The van der Waals surface area contributed by atoms with Gasteiger partial charge < -0.3 is 0 Å². The van der Waals surface area contributed by atoms with Gasteiger partial charge in [-0.1, -0.05) is 30.3 Å². The largest absolute Gasteiger partial charge is 0.253 e. The van der Waals surface area contributed by atoms with Gasteiger partial charge in [0.25, 0.3) is 10.0 Å². The van der Waals surface area contributed by atoms with E-state index in [0.29, 0.717) is 16.7 Å². The molecule has 0 spiro atoms. The second kappa shape index (κ2) is 6.43. The number of thiophene rings is 1. The highest BCUT2D eigenvalue weighted by Gasteiger charge is 2.38. The first-order valence-electron chi connectivity index (χ1n) is 7.29. The Morgan fingerprint density at radius 3 is 2.45 bits per heavy atom. The van der Waals surface area contributed by atoms with Crippen LogP contribution in [0.2, 0.25) is 0 Å². The van der Waals surface area contributed by atoms with E-state index in [9.17, 15) is 8.42 Å². The van der Waals surface area contributed by atoms with Crippen LogP contribution in [0.25, 0.3) is 0 Å². The van der Waals surface area contributed by atoms with Gasteiger partial charge in [0.1, 0.15) is 4.21 Å². The summed E-state index contributed by atoms with van der Waals surface area (Å²) in [6, 6.07) is 13.3. The standard InChI is InChI=1S/C16H18BrNO2S2/c1-12(14-7-8-14)18(11-13-5-3-2-4-6-13)22(19,20)16-10-9-15(17)21-16/h2-6,9-10,12,14H,7-8,11H2,1H3/t12-/m1/s1. The molecular formula is C16H18BrNO2S2. The van der Waals surface area contributed by atoms with E-state index in [2.05, 4.69) is 15.9 Å². The summed E-state index contributed by atoms with van der Waals surface area (Å²) in [7, 11) is -3.46. The molecule has 118 valence electrons. The minimum atomic E-state index is -3.46. The molecule has 6 heteroatoms. The molecule has 22 heavy (non-hydrogen) atoms. The Morgan fingerprint density at radius 2 is 1.91 bits per heavy atom. The van der Waals surface area contributed by atoms with Gasteiger partial charge in [0.15, 0.2) is 0 Å². The molecule has 1 fully saturated rings. The summed E-state index contributed by atoms with van der Waals surface area (Å²) < 4.78 is 29.0. The number of nitrogens with zero attached hydrogens (tertiary/aromatic N) is 1. The minimum absolute atomic E-state index is 0.0334. The van der Waals surface area contributed by atoms with Gasteiger partial charge in [-0.3, -0.25) is 0 Å². The number of sulfonamides is 1. The maximum atomic E-state index is 13.0. The lowest BCUT2D eigenvalue weighted by Gasteiger charge is -2.28. The molecular weight excluding hydrogens is 382 g/mol. The Balaban J connectivity index is 1.94. The average Bonchev–Trinajstić information content (AvgIpc) is 3.26. The van der Waals surface area contributed by atoms with Crippen molar-refractivity contribution < 1.29 is 8.42 Å². The smallest absolute Gasteiger partial charge is 0.206 e. The Morgan fingerprint density at radius 1 is 1.23 bits per heavy atom. The first-order valence-corrected chi connectivity index (χ1v) is 10.3. The summed E-state index contributed by atoms with van der Waals surface area (Å²) in [5.41, 5.74) is 1.02. The normalized spacial score (nSPS) is 16.9. The predicted octanol–water partition coefficient (Wildman–Crippen LogP) is 4.50. The summed E-state index contributed by atoms with van der Waals surface area (Å²) in [6.07, 6.45) is 2.24. The van der Waals surface area contributed by atoms with Gasteiger partial charge in [0.05, 0.1) is 3.79 Å². The highest BCUT2D eigenvalue weighted by Crippen LogP contribution is 2.39. The third-order valence-electron chi connectivity index (χ3n) is 4.05. The van der Waals surface area contributed by atoms with Crippen LogP contribution in [0.15, 0.2) is 50.5 Å². The Kier molecular flexibility index (Phi) is 4.73. The number of hydrogen-bond donors (Lipinski definition) is 0. The van der Waals surface area contributed by atoms with Gasteiger partial charge in [0.2, 0.25) is 0 Å². The molecule has 1 saturated carbocycles. The zero-order chi connectivity index (χ0) is 15.7. The molecule has 0 bridgehead atoms. The van der Waals surface area contributed by atoms with Crippen LogP contribution in [0.1, 0.15) is 25.3 Å². The van der Waals surface area contributed by atoms with Crippen molar-refractivity contribution in [1.82, 2.24) is 4.31 Å². The monoisotopic (exact) mass is 399 g/mol. The zero-order valence-electron chi connectivity index (χ0n) is 12.3. The molecule has 0 saturated heterocycles. The number of rotatable bonds is 6. The lowest BCUT2D eigenvalue weighted by atomic mass is 10.2. The number of halogens is 1. The summed E-state index contributed by atoms with van der Waals surface area (Å²) >= 11 is 4.62. The third kappa shape index (κ3) is 3.45. The van der Waals surface area contributed by atoms with E-state index in [4.69, 9.17) is 0 Å². The molecule has 1 aromatic heterocycles. The highest BCUT2D eigenvalue weighted by molar-refractivity contribution is 9.11. The van der Waals surface area contributed by atoms with Crippen LogP contribution in [0.4, 0.5) is 0 Å². The number of hydrogen-bond acceptors (Lipinski definition) is 3. The summed E-state index contributed by atoms with van der Waals surface area (Å²) in [5.74, 6) is 0.488. The van der Waals surface area contributed by atoms with Gasteiger partial charge in [0, 0.05) is 12.6 Å². The van der Waals surface area contributed by atoms with Gasteiger partial charge in [-0.25, -0.2) is 8.42 Å². The van der Waals surface area contributed by atoms with E-state index < -0.39 is 10.0 Å². The van der Waals surface area contributed by atoms with Gasteiger partial charge >= 0.3 is 0 Å². The van der Waals surface area contributed by atoms with E-state index in [0.717, 1.165) is 22.2 Å². The molecule has 0 aliphatic heterocycles. The SMILES string of the molecule is C[C@H](C1CC1)N(Cc1ccccc1)S(=O)(=O)c1ccc(Br)s1. The fourth-order valence-electron chi connectivity index (χ4n) is 2.58. The van der Waals surface area contributed by atoms with Crippen LogP contribution >= 0.6 is 27.3 Å². The van der Waals surface area contributed by atoms with E-state index in [1.54, 1.807) is 16.4 Å². The molecule has 3 rings (SSSR count). The Labute approximate surface area is 144 Å². The minimum Gasteiger partial charge on any atom is -0.206 e. The third-order valence-corrected chi connectivity index (χ3v) is 8.08. The van der Waals surface area contributed by atoms with Crippen LogP contribution in [-0.4, -0.2) is 18.8 Å². The lowest BCUT2D eigenvalue weighted by Crippen LogP contribution is -2.39. The molecule has 0 radical (unpaired) electrons. The molecule has 2 aromatic rings. The van der Waals surface area contributed by atoms with Crippen molar-refractivity contribution in [3.05, 3.63) is 51.8 Å². The molecule has 0 unspecified atom stereocenters. The van der Waals surface area contributed by atoms with Crippen molar-refractivity contribution in [2.45, 2.75) is 36.6 Å². The first-order chi connectivity index (χ1) is 10.5. The Hall–Kier alpha value is -0.690. The van der Waals surface area contributed by atoms with Crippen LogP contribution in [-0.2, 0) is 16.6 Å². The van der Waals surface area contributed by atoms with E-state index in [-0.39, 0.29) is 6.04 Å². The van der Waals surface area contributed by atoms with Crippen LogP contribution in [0.3, 0.4) is 0 Å². The van der Waals surface area contributed by atoms with Gasteiger partial charge in [-0.15, -0.1) is 11.3 Å². The van der Waals surface area contributed by atoms with Crippen molar-refractivity contribution in [3.63, 3.8) is 0 Å². The molecule has 0 amide bonds. The lowest BCUT2D eigenvalue weighted by molar-refractivity contribution is 0.304. The molecule has 0 N–H and O–H groups in total. The van der Waals surface area contributed by atoms with Gasteiger partial charge in [-0.2, -0.15) is 4.31 Å². The van der Waals surface area contributed by atoms with Gasteiger partial charge in [-0.05, 0) is 59.3 Å². The average molecular weight is 400 g/mol. The fourth-order valence-corrected chi connectivity index (χ4v) is 6.40. The Bertz CT molecular complexity index is 739. The summed E-state index contributed by atoms with van der Waals surface area (Å²) in [5, 5.41) is 0. The summed E-state index contributed by atoms with van der Waals surface area (Å²) in [6.45, 7) is 2.46. The number of benzene rings is 1. The molecule has 1 heterocycles. The van der Waals surface area contributed by atoms with Crippen molar-refractivity contribution in [1.29, 1.82) is 0 Å². The van der Waals surface area contributed by atoms with Crippen molar-refractivity contribution in [2.24, 2.45) is 5.92 Å². The van der Waals surface area contributed by atoms with Crippen molar-refractivity contribution in [2.75, 3.05) is 0 Å². The van der Waals surface area contributed by atoms with Crippen LogP contribution in [0.5, 0.6) is 0 Å². The van der Waals surface area contributed by atoms with Crippen LogP contribution in [0, 0.1) is 5.92 Å². The topological polar surface area (TPSA) is 37.4 Å². The highest BCUT2D eigenvalue weighted by atomic mass is 79.9. The second-order valence-corrected chi connectivity index (χ2v) is 10.3. The summed E-state index contributed by atoms with van der Waals surface area (Å²) in [4.78, 5) is 0. The maximum absolute atomic E-state index is 13.0. The van der Waals surface area contributed by atoms with Crippen molar-refractivity contribution in [3.8, 4) is 0 Å². The molecule has 1 aliphatic carbocycles. The molecule has 3 nitrogen and oxygen atoms in total. The zero-order valence-corrected chi connectivity index (χ0v) is 15.5. The molecule has 1 aromatic carbocycles. The van der Waals surface area contributed by atoms with Crippen LogP contribution < -0.4 is 0 Å². The fraction of sp³-hybridized carbons (Fsp3) is 0.375. The quantitative estimate of drug-likeness (QED) is 0.716. The second-order valence-electron chi connectivity index (χ2n) is 5.67. The van der Waals surface area contributed by atoms with E-state index in [1.807, 2.05) is 37.3 Å². The van der Waals surface area contributed by atoms with E-state index in [1.165, 1.54) is 11.3 Å². The maximum Gasteiger partial charge on any atom is 0.253 e. The predicted molar refractivity (Wildman–Crippen MR) is 93.4 cm³/mol. The first kappa shape index (κ1) is 16.2. The molecule has 1 atom stereocenters. The molecule has 1 aliphatic rings.